The molecule has 0 bridgehead atoms. The van der Waals surface area contributed by atoms with E-state index in [0.29, 0.717) is 22.9 Å². The molecule has 0 atom stereocenters. The van der Waals surface area contributed by atoms with Crippen LogP contribution in [-0.4, -0.2) is 21.6 Å². The van der Waals surface area contributed by atoms with Crippen LogP contribution >= 0.6 is 27.7 Å². The average Bonchev–Trinajstić information content (AvgIpc) is 3.53. The van der Waals surface area contributed by atoms with Gasteiger partial charge in [-0.25, -0.2) is 4.90 Å². The van der Waals surface area contributed by atoms with Crippen molar-refractivity contribution < 1.29 is 18.8 Å². The maximum absolute atomic E-state index is 13.0. The van der Waals surface area contributed by atoms with Gasteiger partial charge in [0, 0.05) is 27.1 Å². The number of thioether (sulfide) groups is 1. The summed E-state index contributed by atoms with van der Waals surface area (Å²) in [5.41, 5.74) is 2.12. The van der Waals surface area contributed by atoms with Crippen LogP contribution in [0.2, 0.25) is 0 Å². The number of benzene rings is 2. The predicted molar refractivity (Wildman–Crippen MR) is 135 cm³/mol. The molecule has 1 aliphatic rings. The molecule has 34 heavy (non-hydrogen) atoms. The molecular formula is C25H18BrN3O4S. The van der Waals surface area contributed by atoms with Crippen LogP contribution in [0.5, 0.6) is 0 Å². The van der Waals surface area contributed by atoms with Gasteiger partial charge in [0.15, 0.2) is 0 Å². The van der Waals surface area contributed by atoms with Gasteiger partial charge in [0.1, 0.15) is 12.3 Å². The quantitative estimate of drug-likeness (QED) is 0.327. The Labute approximate surface area is 207 Å². The number of hydrogen-bond acceptors (Lipinski definition) is 5. The number of para-hydroxylation sites is 1. The summed E-state index contributed by atoms with van der Waals surface area (Å²) in [6, 6.07) is 18.1. The lowest BCUT2D eigenvalue weighted by Gasteiger charge is -2.11. The fraction of sp³-hybridized carbons (Fsp3) is 0.0800. The molecule has 3 amide bonds. The minimum atomic E-state index is -0.367. The number of rotatable bonds is 6. The molecule has 1 fully saturated rings. The van der Waals surface area contributed by atoms with Crippen LogP contribution in [0, 0.1) is 0 Å². The fourth-order valence-electron chi connectivity index (χ4n) is 3.76. The highest BCUT2D eigenvalue weighted by molar-refractivity contribution is 9.10. The molecule has 5 rings (SSSR count). The minimum absolute atomic E-state index is 0.0954. The molecule has 2 aromatic heterocycles. The van der Waals surface area contributed by atoms with E-state index in [-0.39, 0.29) is 23.6 Å². The molecule has 1 saturated heterocycles. The van der Waals surface area contributed by atoms with Crippen molar-refractivity contribution in [3.8, 4) is 0 Å². The topological polar surface area (TPSA) is 84.5 Å². The summed E-state index contributed by atoms with van der Waals surface area (Å²) in [4.78, 5) is 39.7. The van der Waals surface area contributed by atoms with Gasteiger partial charge in [-0.3, -0.25) is 14.4 Å². The van der Waals surface area contributed by atoms with Crippen LogP contribution in [0.15, 0.2) is 86.9 Å². The first-order chi connectivity index (χ1) is 16.5. The van der Waals surface area contributed by atoms with E-state index in [1.54, 1.807) is 48.7 Å². The molecule has 3 heterocycles. The van der Waals surface area contributed by atoms with E-state index in [1.165, 1.54) is 4.90 Å². The van der Waals surface area contributed by atoms with Crippen LogP contribution < -0.4 is 10.2 Å². The molecule has 0 saturated carbocycles. The maximum Gasteiger partial charge on any atom is 0.298 e. The van der Waals surface area contributed by atoms with Crippen LogP contribution in [0.25, 0.3) is 17.0 Å². The Morgan fingerprint density at radius 3 is 2.68 bits per heavy atom. The zero-order valence-corrected chi connectivity index (χ0v) is 20.1. The van der Waals surface area contributed by atoms with Crippen molar-refractivity contribution in [3.05, 3.63) is 93.8 Å². The summed E-state index contributed by atoms with van der Waals surface area (Å²) in [6.45, 7) is 0.397. The lowest BCUT2D eigenvalue weighted by atomic mass is 10.1. The highest BCUT2D eigenvalue weighted by atomic mass is 79.9. The van der Waals surface area contributed by atoms with Gasteiger partial charge in [0.05, 0.1) is 23.4 Å². The fourth-order valence-corrected chi connectivity index (χ4v) is 4.95. The summed E-state index contributed by atoms with van der Waals surface area (Å²) < 4.78 is 7.95. The SMILES string of the molecule is O=C(Cn1cc(/C=C2\SC(=O)N(c3ccccc3)C2=O)c2cc(Br)ccc21)NCc1ccco1. The predicted octanol–water partition coefficient (Wildman–Crippen LogP) is 5.55. The number of nitrogens with one attached hydrogen (secondary N) is 1. The van der Waals surface area contributed by atoms with Gasteiger partial charge in [0.2, 0.25) is 5.91 Å². The lowest BCUT2D eigenvalue weighted by molar-refractivity contribution is -0.121. The number of aromatic nitrogens is 1. The first-order valence-corrected chi connectivity index (χ1v) is 12.0. The second-order valence-corrected chi connectivity index (χ2v) is 9.49. The Morgan fingerprint density at radius 1 is 1.09 bits per heavy atom. The summed E-state index contributed by atoms with van der Waals surface area (Å²) in [7, 11) is 0. The molecule has 0 unspecified atom stereocenters. The van der Waals surface area contributed by atoms with Crippen molar-refractivity contribution >= 4 is 67.4 Å². The first kappa shape index (κ1) is 22.2. The Bertz CT molecular complexity index is 1430. The van der Waals surface area contributed by atoms with E-state index in [4.69, 9.17) is 4.42 Å². The number of fused-ring (bicyclic) bond motifs is 1. The number of amides is 3. The summed E-state index contributed by atoms with van der Waals surface area (Å²) in [6.07, 6.45) is 5.09. The highest BCUT2D eigenvalue weighted by Crippen LogP contribution is 2.37. The molecule has 7 nitrogen and oxygen atoms in total. The highest BCUT2D eigenvalue weighted by Gasteiger charge is 2.36. The lowest BCUT2D eigenvalue weighted by Crippen LogP contribution is -2.27. The number of nitrogens with zero attached hydrogens (tertiary/aromatic N) is 2. The van der Waals surface area contributed by atoms with E-state index in [9.17, 15) is 14.4 Å². The van der Waals surface area contributed by atoms with E-state index < -0.39 is 0 Å². The Morgan fingerprint density at radius 2 is 1.91 bits per heavy atom. The third-order valence-corrected chi connectivity index (χ3v) is 6.69. The molecule has 9 heteroatoms. The molecule has 4 aromatic rings. The van der Waals surface area contributed by atoms with E-state index in [2.05, 4.69) is 21.2 Å². The standard InChI is InChI=1S/C25H18BrN3O4S/c26-17-8-9-21-20(12-17)16(14-28(21)15-23(30)27-13-19-7-4-10-33-19)11-22-24(31)29(25(32)34-22)18-5-2-1-3-6-18/h1-12,14H,13,15H2,(H,27,30)/b22-11-. The molecule has 0 spiro atoms. The Kier molecular flexibility index (Phi) is 6.12. The molecule has 2 aromatic carbocycles. The van der Waals surface area contributed by atoms with Crippen molar-refractivity contribution in [2.45, 2.75) is 13.1 Å². The summed E-state index contributed by atoms with van der Waals surface area (Å²) in [5.74, 6) is 0.130. The third kappa shape index (κ3) is 4.44. The van der Waals surface area contributed by atoms with E-state index >= 15 is 0 Å². The van der Waals surface area contributed by atoms with Crippen molar-refractivity contribution in [1.82, 2.24) is 9.88 Å². The van der Waals surface area contributed by atoms with Gasteiger partial charge >= 0.3 is 0 Å². The van der Waals surface area contributed by atoms with Gasteiger partial charge in [-0.1, -0.05) is 34.1 Å². The summed E-state index contributed by atoms with van der Waals surface area (Å²) >= 11 is 4.40. The van der Waals surface area contributed by atoms with Gasteiger partial charge in [0.25, 0.3) is 11.1 Å². The van der Waals surface area contributed by atoms with Gasteiger partial charge in [-0.2, -0.15) is 0 Å². The van der Waals surface area contributed by atoms with Crippen LogP contribution in [0.1, 0.15) is 11.3 Å². The molecule has 1 N–H and O–H groups in total. The van der Waals surface area contributed by atoms with Crippen molar-refractivity contribution in [2.75, 3.05) is 4.90 Å². The average molecular weight is 536 g/mol. The third-order valence-electron chi connectivity index (χ3n) is 5.32. The number of anilines is 1. The van der Waals surface area contributed by atoms with Crippen molar-refractivity contribution in [2.24, 2.45) is 0 Å². The Hall–Kier alpha value is -3.56. The zero-order chi connectivity index (χ0) is 23.7. The molecule has 170 valence electrons. The second-order valence-electron chi connectivity index (χ2n) is 7.58. The number of hydrogen-bond donors (Lipinski definition) is 1. The summed E-state index contributed by atoms with van der Waals surface area (Å²) in [5, 5.41) is 3.36. The Balaban J connectivity index is 1.44. The van der Waals surface area contributed by atoms with E-state index in [0.717, 1.165) is 32.7 Å². The molecular weight excluding hydrogens is 518 g/mol. The largest absolute Gasteiger partial charge is 0.467 e. The van der Waals surface area contributed by atoms with E-state index in [1.807, 2.05) is 35.0 Å². The number of halogens is 1. The minimum Gasteiger partial charge on any atom is -0.467 e. The van der Waals surface area contributed by atoms with Crippen LogP contribution in [0.3, 0.4) is 0 Å². The number of imide groups is 1. The number of furan rings is 1. The molecule has 0 radical (unpaired) electrons. The van der Waals surface area contributed by atoms with Gasteiger partial charge in [-0.05, 0) is 60.3 Å². The van der Waals surface area contributed by atoms with Crippen molar-refractivity contribution in [1.29, 1.82) is 0 Å². The van der Waals surface area contributed by atoms with Crippen molar-refractivity contribution in [3.63, 3.8) is 0 Å². The number of carbonyl (C=O) groups is 3. The maximum atomic E-state index is 13.0. The monoisotopic (exact) mass is 535 g/mol. The normalized spacial score (nSPS) is 15.0. The van der Waals surface area contributed by atoms with Gasteiger partial charge < -0.3 is 14.3 Å². The smallest absolute Gasteiger partial charge is 0.298 e. The molecule has 0 aliphatic carbocycles. The van der Waals surface area contributed by atoms with Crippen LogP contribution in [-0.2, 0) is 22.7 Å². The molecule has 1 aliphatic heterocycles. The first-order valence-electron chi connectivity index (χ1n) is 10.4. The van der Waals surface area contributed by atoms with Gasteiger partial charge in [-0.15, -0.1) is 0 Å². The zero-order valence-electron chi connectivity index (χ0n) is 17.7. The number of carbonyl (C=O) groups excluding carboxylic acids is 3. The second kappa shape index (κ2) is 9.36. The van der Waals surface area contributed by atoms with Crippen LogP contribution in [0.4, 0.5) is 10.5 Å².